The number of aliphatic hydroxyl groups is 1. The van der Waals surface area contributed by atoms with Crippen LogP contribution in [0.1, 0.15) is 26.2 Å². The third-order valence-electron chi connectivity index (χ3n) is 4.40. The lowest BCUT2D eigenvalue weighted by molar-refractivity contribution is -0.115. The average molecular weight is 138 g/mol. The Morgan fingerprint density at radius 2 is 2.10 bits per heavy atom. The predicted molar refractivity (Wildman–Crippen MR) is 38.4 cm³/mol. The van der Waals surface area contributed by atoms with E-state index in [4.69, 9.17) is 0 Å². The fourth-order valence-electron chi connectivity index (χ4n) is 3.68. The minimum atomic E-state index is -0.264. The molecule has 3 aliphatic rings. The van der Waals surface area contributed by atoms with Crippen LogP contribution in [0.3, 0.4) is 0 Å². The number of fused-ring (bicyclic) bond motifs is 1. The Kier molecular flexibility index (Phi) is 0.722. The molecule has 0 aliphatic heterocycles. The molecule has 0 amide bonds. The highest BCUT2D eigenvalue weighted by Gasteiger charge is 2.64. The zero-order valence-corrected chi connectivity index (χ0v) is 6.38. The van der Waals surface area contributed by atoms with Gasteiger partial charge >= 0.3 is 0 Å². The van der Waals surface area contributed by atoms with Gasteiger partial charge in [-0.25, -0.2) is 0 Å². The van der Waals surface area contributed by atoms with Crippen LogP contribution in [0.4, 0.5) is 0 Å². The van der Waals surface area contributed by atoms with Gasteiger partial charge < -0.3 is 5.11 Å². The van der Waals surface area contributed by atoms with Crippen molar-refractivity contribution in [3.8, 4) is 0 Å². The fourth-order valence-corrected chi connectivity index (χ4v) is 3.68. The van der Waals surface area contributed by atoms with Crippen LogP contribution >= 0.6 is 0 Å². The molecule has 3 saturated carbocycles. The quantitative estimate of drug-likeness (QED) is 0.536. The Bertz CT molecular complexity index is 179. The fraction of sp³-hybridized carbons (Fsp3) is 1.00. The standard InChI is InChI=1S/C9H14O/c1-9(10)6-2-5-3-8(9)7(5)4-6/h5-8,10H,2-4H2,1H3/t5-,6+,7+,8+,9+/m1/s1. The second-order valence-corrected chi connectivity index (χ2v) is 4.66. The Labute approximate surface area is 61.4 Å². The summed E-state index contributed by atoms with van der Waals surface area (Å²) >= 11 is 0. The summed E-state index contributed by atoms with van der Waals surface area (Å²) in [6, 6.07) is 0. The number of hydrogen-bond donors (Lipinski definition) is 1. The van der Waals surface area contributed by atoms with Crippen molar-refractivity contribution in [1.82, 2.24) is 0 Å². The summed E-state index contributed by atoms with van der Waals surface area (Å²) in [6.07, 6.45) is 3.99. The molecule has 5 atom stereocenters. The summed E-state index contributed by atoms with van der Waals surface area (Å²) in [6.45, 7) is 2.05. The average Bonchev–Trinajstić information content (AvgIpc) is 2.16. The first-order valence-electron chi connectivity index (χ1n) is 4.42. The van der Waals surface area contributed by atoms with E-state index in [1.807, 2.05) is 0 Å². The maximum Gasteiger partial charge on any atom is 0.0678 e. The van der Waals surface area contributed by atoms with Crippen LogP contribution in [0, 0.1) is 23.7 Å². The molecule has 0 heterocycles. The smallest absolute Gasteiger partial charge is 0.0678 e. The lowest BCUT2D eigenvalue weighted by Crippen LogP contribution is -2.50. The topological polar surface area (TPSA) is 20.2 Å². The Hall–Kier alpha value is -0.0400. The van der Waals surface area contributed by atoms with Gasteiger partial charge in [-0.3, -0.25) is 0 Å². The van der Waals surface area contributed by atoms with Crippen LogP contribution in [-0.4, -0.2) is 10.7 Å². The maximum absolute atomic E-state index is 9.99. The lowest BCUT2D eigenvalue weighted by Gasteiger charge is -2.50. The second-order valence-electron chi connectivity index (χ2n) is 4.66. The van der Waals surface area contributed by atoms with Gasteiger partial charge in [-0.15, -0.1) is 0 Å². The van der Waals surface area contributed by atoms with Crippen molar-refractivity contribution >= 4 is 0 Å². The third-order valence-corrected chi connectivity index (χ3v) is 4.40. The zero-order chi connectivity index (χ0) is 6.93. The van der Waals surface area contributed by atoms with E-state index in [0.717, 1.165) is 11.8 Å². The van der Waals surface area contributed by atoms with E-state index in [1.165, 1.54) is 19.3 Å². The van der Waals surface area contributed by atoms with Crippen LogP contribution < -0.4 is 0 Å². The summed E-state index contributed by atoms with van der Waals surface area (Å²) in [4.78, 5) is 0. The number of hydrogen-bond acceptors (Lipinski definition) is 1. The van der Waals surface area contributed by atoms with E-state index in [9.17, 15) is 5.11 Å². The molecule has 0 saturated heterocycles. The number of rotatable bonds is 0. The summed E-state index contributed by atoms with van der Waals surface area (Å²) < 4.78 is 0. The third kappa shape index (κ3) is 0.378. The van der Waals surface area contributed by atoms with Crippen LogP contribution in [0.15, 0.2) is 0 Å². The Morgan fingerprint density at radius 1 is 1.30 bits per heavy atom. The Morgan fingerprint density at radius 3 is 2.40 bits per heavy atom. The first-order valence-corrected chi connectivity index (χ1v) is 4.42. The predicted octanol–water partition coefficient (Wildman–Crippen LogP) is 1.41. The van der Waals surface area contributed by atoms with E-state index in [-0.39, 0.29) is 5.60 Å². The van der Waals surface area contributed by atoms with Crippen molar-refractivity contribution in [2.24, 2.45) is 23.7 Å². The zero-order valence-electron chi connectivity index (χ0n) is 6.38. The van der Waals surface area contributed by atoms with Crippen LogP contribution in [0.5, 0.6) is 0 Å². The van der Waals surface area contributed by atoms with Crippen molar-refractivity contribution in [3.05, 3.63) is 0 Å². The summed E-state index contributed by atoms with van der Waals surface area (Å²) in [5, 5.41) is 9.99. The summed E-state index contributed by atoms with van der Waals surface area (Å²) in [7, 11) is 0. The van der Waals surface area contributed by atoms with E-state index in [0.29, 0.717) is 11.8 Å². The molecule has 1 N–H and O–H groups in total. The first-order chi connectivity index (χ1) is 4.69. The van der Waals surface area contributed by atoms with Crippen LogP contribution in [0.2, 0.25) is 0 Å². The van der Waals surface area contributed by atoms with Gasteiger partial charge in [-0.2, -0.15) is 0 Å². The van der Waals surface area contributed by atoms with Gasteiger partial charge in [0, 0.05) is 0 Å². The monoisotopic (exact) mass is 138 g/mol. The molecule has 3 aliphatic carbocycles. The lowest BCUT2D eigenvalue weighted by atomic mass is 9.58. The molecule has 0 aromatic heterocycles. The molecule has 3 fully saturated rings. The maximum atomic E-state index is 9.99. The van der Waals surface area contributed by atoms with E-state index >= 15 is 0 Å². The van der Waals surface area contributed by atoms with Crippen molar-refractivity contribution in [3.63, 3.8) is 0 Å². The van der Waals surface area contributed by atoms with Crippen molar-refractivity contribution in [2.45, 2.75) is 31.8 Å². The van der Waals surface area contributed by atoms with Gasteiger partial charge in [-0.05, 0) is 49.9 Å². The molecule has 1 nitrogen and oxygen atoms in total. The molecular formula is C9H14O. The van der Waals surface area contributed by atoms with Crippen LogP contribution in [-0.2, 0) is 0 Å². The molecule has 56 valence electrons. The molecule has 0 unspecified atom stereocenters. The molecule has 0 radical (unpaired) electrons. The molecular weight excluding hydrogens is 124 g/mol. The van der Waals surface area contributed by atoms with Gasteiger partial charge in [-0.1, -0.05) is 0 Å². The normalized spacial score (nSPS) is 70.2. The highest BCUT2D eigenvalue weighted by atomic mass is 16.3. The highest BCUT2D eigenvalue weighted by molar-refractivity contribution is 5.14. The minimum absolute atomic E-state index is 0.264. The summed E-state index contributed by atoms with van der Waals surface area (Å²) in [5.41, 5.74) is -0.264. The second kappa shape index (κ2) is 1.29. The Balaban J connectivity index is 2.04. The van der Waals surface area contributed by atoms with Gasteiger partial charge in [0.15, 0.2) is 0 Å². The molecule has 1 heteroatoms. The van der Waals surface area contributed by atoms with Crippen LogP contribution in [0.25, 0.3) is 0 Å². The summed E-state index contributed by atoms with van der Waals surface area (Å²) in [5.74, 6) is 3.31. The highest BCUT2D eigenvalue weighted by Crippen LogP contribution is 2.67. The molecule has 2 bridgehead atoms. The minimum Gasteiger partial charge on any atom is -0.390 e. The molecule has 0 aromatic carbocycles. The molecule has 0 aromatic rings. The van der Waals surface area contributed by atoms with Gasteiger partial charge in [0.2, 0.25) is 0 Å². The molecule has 0 spiro atoms. The van der Waals surface area contributed by atoms with Gasteiger partial charge in [0.25, 0.3) is 0 Å². The van der Waals surface area contributed by atoms with E-state index in [1.54, 1.807) is 0 Å². The van der Waals surface area contributed by atoms with Crippen molar-refractivity contribution in [1.29, 1.82) is 0 Å². The van der Waals surface area contributed by atoms with Gasteiger partial charge in [0.05, 0.1) is 5.60 Å². The van der Waals surface area contributed by atoms with E-state index in [2.05, 4.69) is 6.92 Å². The van der Waals surface area contributed by atoms with Crippen molar-refractivity contribution < 1.29 is 5.11 Å². The molecule has 3 rings (SSSR count). The van der Waals surface area contributed by atoms with E-state index < -0.39 is 0 Å². The largest absolute Gasteiger partial charge is 0.390 e. The molecule has 10 heavy (non-hydrogen) atoms. The first kappa shape index (κ1) is 5.59. The van der Waals surface area contributed by atoms with Gasteiger partial charge in [0.1, 0.15) is 0 Å². The van der Waals surface area contributed by atoms with Crippen molar-refractivity contribution in [2.75, 3.05) is 0 Å². The SMILES string of the molecule is C[C@]1(O)[C@H]2C[C@@H]3C[C@H]1[C@H]3C2.